The van der Waals surface area contributed by atoms with Crippen molar-refractivity contribution >= 4 is 11.9 Å². The monoisotopic (exact) mass is 260 g/mol. The second-order valence-electron chi connectivity index (χ2n) is 3.99. The molecule has 0 aliphatic rings. The minimum absolute atomic E-state index is 0.00829. The third-order valence-electron chi connectivity index (χ3n) is 2.54. The lowest BCUT2D eigenvalue weighted by atomic mass is 10.2. The number of hydrogen-bond donors (Lipinski definition) is 1. The Morgan fingerprint density at radius 3 is 2.42 bits per heavy atom. The van der Waals surface area contributed by atoms with Gasteiger partial charge in [-0.15, -0.1) is 0 Å². The summed E-state index contributed by atoms with van der Waals surface area (Å²) in [7, 11) is 1.62. The van der Waals surface area contributed by atoms with E-state index in [1.807, 2.05) is 0 Å². The molecule has 1 N–H and O–H groups in total. The molecular weight excluding hydrogens is 248 g/mol. The average Bonchev–Trinajstić information content (AvgIpc) is 2.88. The summed E-state index contributed by atoms with van der Waals surface area (Å²) in [6, 6.07) is 6.22. The molecule has 2 heterocycles. The second-order valence-corrected chi connectivity index (χ2v) is 3.99. The van der Waals surface area contributed by atoms with Crippen LogP contribution >= 0.6 is 0 Å². The van der Waals surface area contributed by atoms with Gasteiger partial charge in [-0.1, -0.05) is 0 Å². The van der Waals surface area contributed by atoms with E-state index in [2.05, 4.69) is 4.98 Å². The van der Waals surface area contributed by atoms with E-state index < -0.39 is 5.97 Å². The lowest BCUT2D eigenvalue weighted by Crippen LogP contribution is -2.25. The Kier molecular flexibility index (Phi) is 3.61. The van der Waals surface area contributed by atoms with Crippen LogP contribution in [0, 0.1) is 0 Å². The molecule has 0 radical (unpaired) electrons. The van der Waals surface area contributed by atoms with Crippen LogP contribution in [0.4, 0.5) is 0 Å². The first-order valence-corrected chi connectivity index (χ1v) is 5.55. The van der Waals surface area contributed by atoms with Gasteiger partial charge in [-0.05, 0) is 29.8 Å². The zero-order valence-corrected chi connectivity index (χ0v) is 10.2. The van der Waals surface area contributed by atoms with Gasteiger partial charge in [-0.2, -0.15) is 0 Å². The summed E-state index contributed by atoms with van der Waals surface area (Å²) in [4.78, 5) is 28.0. The number of amides is 1. The summed E-state index contributed by atoms with van der Waals surface area (Å²) in [6.45, 7) is 0.393. The number of rotatable bonds is 4. The smallest absolute Gasteiger partial charge is 0.371 e. The van der Waals surface area contributed by atoms with E-state index in [0.29, 0.717) is 6.54 Å². The first kappa shape index (κ1) is 12.8. The third-order valence-corrected chi connectivity index (χ3v) is 2.54. The maximum atomic E-state index is 12.0. The van der Waals surface area contributed by atoms with E-state index in [1.165, 1.54) is 17.0 Å². The fraction of sp³-hybridized carbons (Fsp3) is 0.154. The largest absolute Gasteiger partial charge is 0.475 e. The lowest BCUT2D eigenvalue weighted by molar-refractivity contribution is 0.0653. The average molecular weight is 260 g/mol. The molecule has 2 aromatic rings. The highest BCUT2D eigenvalue weighted by Gasteiger charge is 2.18. The fourth-order valence-corrected chi connectivity index (χ4v) is 1.59. The minimum Gasteiger partial charge on any atom is -0.475 e. The standard InChI is InChI=1S/C13H12N2O4/c1-15(8-9-4-6-14-7-5-9)12(16)10-2-3-11(19-10)13(17)18/h2-7H,8H2,1H3,(H,17,18). The number of nitrogens with zero attached hydrogens (tertiary/aromatic N) is 2. The molecule has 1 amide bonds. The van der Waals surface area contributed by atoms with Crippen molar-refractivity contribution in [3.05, 3.63) is 53.7 Å². The quantitative estimate of drug-likeness (QED) is 0.903. The number of carboxylic acids is 1. The van der Waals surface area contributed by atoms with Crippen molar-refractivity contribution in [3.63, 3.8) is 0 Å². The molecular formula is C13H12N2O4. The van der Waals surface area contributed by atoms with Gasteiger partial charge < -0.3 is 14.4 Å². The SMILES string of the molecule is CN(Cc1ccncc1)C(=O)c1ccc(C(=O)O)o1. The Morgan fingerprint density at radius 1 is 1.21 bits per heavy atom. The molecule has 0 aliphatic carbocycles. The number of hydrogen-bond acceptors (Lipinski definition) is 4. The maximum Gasteiger partial charge on any atom is 0.371 e. The molecule has 0 atom stereocenters. The van der Waals surface area contributed by atoms with E-state index in [4.69, 9.17) is 9.52 Å². The predicted molar refractivity (Wildman–Crippen MR) is 65.7 cm³/mol. The van der Waals surface area contributed by atoms with Crippen LogP contribution in [0.25, 0.3) is 0 Å². The molecule has 0 saturated heterocycles. The first-order valence-electron chi connectivity index (χ1n) is 5.55. The van der Waals surface area contributed by atoms with Gasteiger partial charge in [0.15, 0.2) is 5.76 Å². The topological polar surface area (TPSA) is 83.6 Å². The van der Waals surface area contributed by atoms with Gasteiger partial charge in [0.2, 0.25) is 5.76 Å². The number of carboxylic acid groups (broad SMARTS) is 1. The molecule has 19 heavy (non-hydrogen) atoms. The van der Waals surface area contributed by atoms with Gasteiger partial charge in [-0.3, -0.25) is 9.78 Å². The van der Waals surface area contributed by atoms with Crippen molar-refractivity contribution < 1.29 is 19.1 Å². The van der Waals surface area contributed by atoms with Crippen LogP contribution in [0.1, 0.15) is 26.7 Å². The molecule has 6 nitrogen and oxygen atoms in total. The van der Waals surface area contributed by atoms with E-state index in [9.17, 15) is 9.59 Å². The van der Waals surface area contributed by atoms with Crippen LogP contribution in [-0.2, 0) is 6.54 Å². The summed E-state index contributed by atoms with van der Waals surface area (Å²) in [5, 5.41) is 8.73. The summed E-state index contributed by atoms with van der Waals surface area (Å²) >= 11 is 0. The highest BCUT2D eigenvalue weighted by atomic mass is 16.4. The predicted octanol–water partition coefficient (Wildman–Crippen LogP) is 1.65. The van der Waals surface area contributed by atoms with Crippen molar-refractivity contribution in [2.24, 2.45) is 0 Å². The van der Waals surface area contributed by atoms with E-state index in [-0.39, 0.29) is 17.4 Å². The number of furan rings is 1. The molecule has 0 spiro atoms. The van der Waals surface area contributed by atoms with E-state index >= 15 is 0 Å². The van der Waals surface area contributed by atoms with Crippen LogP contribution in [0.15, 0.2) is 41.1 Å². The van der Waals surface area contributed by atoms with E-state index in [0.717, 1.165) is 5.56 Å². The fourth-order valence-electron chi connectivity index (χ4n) is 1.59. The van der Waals surface area contributed by atoms with Crippen LogP contribution in [0.3, 0.4) is 0 Å². The van der Waals surface area contributed by atoms with Gasteiger partial charge in [0.25, 0.3) is 5.91 Å². The normalized spacial score (nSPS) is 10.2. The molecule has 0 unspecified atom stereocenters. The molecule has 98 valence electrons. The Hall–Kier alpha value is -2.63. The van der Waals surface area contributed by atoms with Crippen LogP contribution in [0.2, 0.25) is 0 Å². The molecule has 0 aliphatic heterocycles. The maximum absolute atomic E-state index is 12.0. The lowest BCUT2D eigenvalue weighted by Gasteiger charge is -2.15. The van der Waals surface area contributed by atoms with Crippen LogP contribution in [0.5, 0.6) is 0 Å². The molecule has 0 bridgehead atoms. The van der Waals surface area contributed by atoms with Gasteiger partial charge in [-0.25, -0.2) is 4.79 Å². The van der Waals surface area contributed by atoms with Crippen molar-refractivity contribution in [1.82, 2.24) is 9.88 Å². The zero-order chi connectivity index (χ0) is 13.8. The van der Waals surface area contributed by atoms with Gasteiger partial charge in [0.1, 0.15) is 0 Å². The summed E-state index contributed by atoms with van der Waals surface area (Å²) < 4.78 is 4.96. The number of pyridine rings is 1. The van der Waals surface area contributed by atoms with Crippen LogP contribution in [-0.4, -0.2) is 33.9 Å². The highest BCUT2D eigenvalue weighted by molar-refractivity contribution is 5.93. The molecule has 6 heteroatoms. The summed E-state index contributed by atoms with van der Waals surface area (Å²) in [5.41, 5.74) is 0.927. The zero-order valence-electron chi connectivity index (χ0n) is 10.2. The van der Waals surface area contributed by atoms with Crippen LogP contribution < -0.4 is 0 Å². The van der Waals surface area contributed by atoms with E-state index in [1.54, 1.807) is 31.6 Å². The molecule has 0 aromatic carbocycles. The summed E-state index contributed by atoms with van der Waals surface area (Å²) in [6.07, 6.45) is 3.28. The molecule has 2 rings (SSSR count). The van der Waals surface area contributed by atoms with Crippen molar-refractivity contribution in [2.75, 3.05) is 7.05 Å². The van der Waals surface area contributed by atoms with Gasteiger partial charge in [0.05, 0.1) is 0 Å². The molecule has 0 fully saturated rings. The Labute approximate surface area is 109 Å². The minimum atomic E-state index is -1.20. The van der Waals surface area contributed by atoms with Crippen molar-refractivity contribution in [2.45, 2.75) is 6.54 Å². The second kappa shape index (κ2) is 5.34. The Morgan fingerprint density at radius 2 is 1.84 bits per heavy atom. The first-order chi connectivity index (χ1) is 9.08. The molecule has 2 aromatic heterocycles. The Bertz CT molecular complexity index is 592. The number of carbonyl (C=O) groups excluding carboxylic acids is 1. The Balaban J connectivity index is 2.08. The third kappa shape index (κ3) is 2.98. The molecule has 0 saturated carbocycles. The van der Waals surface area contributed by atoms with Crippen molar-refractivity contribution in [1.29, 1.82) is 0 Å². The number of aromatic nitrogens is 1. The van der Waals surface area contributed by atoms with Gasteiger partial charge in [0, 0.05) is 26.0 Å². The summed E-state index contributed by atoms with van der Waals surface area (Å²) in [5.74, 6) is -1.81. The van der Waals surface area contributed by atoms with Gasteiger partial charge >= 0.3 is 5.97 Å². The number of carbonyl (C=O) groups is 2. The highest BCUT2D eigenvalue weighted by Crippen LogP contribution is 2.12. The number of aromatic carboxylic acids is 1. The van der Waals surface area contributed by atoms with Crippen molar-refractivity contribution in [3.8, 4) is 0 Å².